The molecule has 256 valence electrons. The zero-order valence-corrected chi connectivity index (χ0v) is 29.0. The number of ether oxygens (including phenoxy) is 1. The summed E-state index contributed by atoms with van der Waals surface area (Å²) in [6.45, 7) is 7.01. The van der Waals surface area contributed by atoms with Crippen LogP contribution in [0, 0.1) is 5.82 Å². The molecule has 0 aliphatic carbocycles. The summed E-state index contributed by atoms with van der Waals surface area (Å²) >= 11 is 6.43. The molecular weight excluding hydrogens is 670 g/mol. The normalized spacial score (nSPS) is 15.6. The van der Waals surface area contributed by atoms with Crippen molar-refractivity contribution in [2.24, 2.45) is 0 Å². The Kier molecular flexibility index (Phi) is 10.0. The van der Waals surface area contributed by atoms with Crippen LogP contribution in [0.2, 0.25) is 5.02 Å². The number of urea groups is 1. The fourth-order valence-corrected chi connectivity index (χ4v) is 7.13. The molecule has 12 nitrogen and oxygen atoms in total. The number of hydrogen-bond acceptors (Lipinski definition) is 10. The van der Waals surface area contributed by atoms with Crippen molar-refractivity contribution >= 4 is 70.5 Å². The van der Waals surface area contributed by atoms with Gasteiger partial charge in [0.2, 0.25) is 11.9 Å². The number of hydrogen-bond donors (Lipinski definition) is 3. The maximum Gasteiger partial charge on any atom is 0.328 e. The number of piperazine rings is 1. The zero-order chi connectivity index (χ0) is 34.7. The van der Waals surface area contributed by atoms with Gasteiger partial charge in [-0.25, -0.2) is 14.2 Å². The molecule has 2 fully saturated rings. The lowest BCUT2D eigenvalue weighted by Gasteiger charge is -2.36. The number of anilines is 6. The van der Waals surface area contributed by atoms with Crippen LogP contribution in [0.15, 0.2) is 66.9 Å². The Bertz CT molecular complexity index is 1930. The third-order valence-electron chi connectivity index (χ3n) is 8.45. The molecule has 3 aromatic carbocycles. The van der Waals surface area contributed by atoms with E-state index in [9.17, 15) is 14.2 Å². The number of methoxy groups -OCH3 is 1. The van der Waals surface area contributed by atoms with E-state index in [-0.39, 0.29) is 24.7 Å². The van der Waals surface area contributed by atoms with Crippen molar-refractivity contribution in [3.05, 3.63) is 83.3 Å². The van der Waals surface area contributed by atoms with Crippen molar-refractivity contribution in [3.8, 4) is 5.75 Å². The molecule has 15 heteroatoms. The van der Waals surface area contributed by atoms with Crippen LogP contribution in [0.1, 0.15) is 12.0 Å². The fourth-order valence-electron chi connectivity index (χ4n) is 5.84. The van der Waals surface area contributed by atoms with E-state index in [1.165, 1.54) is 17.2 Å². The average Bonchev–Trinajstić information content (AvgIpc) is 3.07. The molecule has 6 rings (SSSR count). The number of benzene rings is 3. The molecule has 0 unspecified atom stereocenters. The first kappa shape index (κ1) is 34.2. The van der Waals surface area contributed by atoms with Crippen molar-refractivity contribution in [2.75, 3.05) is 73.6 Å². The van der Waals surface area contributed by atoms with Gasteiger partial charge in [-0.15, -0.1) is 0 Å². The summed E-state index contributed by atoms with van der Waals surface area (Å²) in [7, 11) is -0.959. The number of halogens is 2. The van der Waals surface area contributed by atoms with E-state index >= 15 is 4.39 Å². The number of nitrogens with one attached hydrogen (secondary N) is 3. The second kappa shape index (κ2) is 14.4. The van der Waals surface area contributed by atoms with Gasteiger partial charge in [-0.2, -0.15) is 4.98 Å². The van der Waals surface area contributed by atoms with E-state index in [0.29, 0.717) is 57.0 Å². The Morgan fingerprint density at radius 1 is 0.959 bits per heavy atom. The minimum atomic E-state index is -2.56. The predicted molar refractivity (Wildman–Crippen MR) is 192 cm³/mol. The molecule has 0 saturated carbocycles. The molecule has 2 aliphatic heterocycles. The minimum Gasteiger partial charge on any atom is -0.494 e. The van der Waals surface area contributed by atoms with Gasteiger partial charge in [-0.05, 0) is 49.7 Å². The monoisotopic (exact) mass is 706 g/mol. The highest BCUT2D eigenvalue weighted by molar-refractivity contribution is 7.70. The van der Waals surface area contributed by atoms with Crippen LogP contribution < -0.4 is 35.8 Å². The third kappa shape index (κ3) is 7.96. The van der Waals surface area contributed by atoms with Crippen molar-refractivity contribution in [3.63, 3.8) is 0 Å². The molecule has 4 aromatic rings. The lowest BCUT2D eigenvalue weighted by Crippen LogP contribution is -2.49. The molecule has 0 spiro atoms. The second-order valence-electron chi connectivity index (χ2n) is 12.2. The number of rotatable bonds is 10. The maximum atomic E-state index is 15.1. The number of nitrogens with zero attached hydrogens (tertiary/aromatic N) is 5. The van der Waals surface area contributed by atoms with E-state index < -0.39 is 13.2 Å². The molecule has 2 saturated heterocycles. The SMILES string of the molecule is COc1cc(N2CCN(Cc3ccc(N4CCC(=O)NC4=O)cc3F)CC2)ccc1Nc1ncc(Cl)c(Nc2ccccc2P(C)(C)=O)n1. The number of carbonyl (C=O) groups excluding carboxylic acids is 2. The Morgan fingerprint density at radius 2 is 1.71 bits per heavy atom. The first-order valence-corrected chi connectivity index (χ1v) is 18.7. The Hall–Kier alpha value is -4.71. The Balaban J connectivity index is 1.08. The lowest BCUT2D eigenvalue weighted by molar-refractivity contribution is -0.120. The molecule has 3 amide bonds. The van der Waals surface area contributed by atoms with Crippen LogP contribution in [0.25, 0.3) is 0 Å². The van der Waals surface area contributed by atoms with E-state index in [4.69, 9.17) is 16.3 Å². The van der Waals surface area contributed by atoms with Crippen LogP contribution in [-0.2, 0) is 15.9 Å². The van der Waals surface area contributed by atoms with Crippen LogP contribution in [0.3, 0.4) is 0 Å². The number of amides is 3. The highest BCUT2D eigenvalue weighted by Crippen LogP contribution is 2.39. The fraction of sp³-hybridized carbons (Fsp3) is 0.294. The third-order valence-corrected chi connectivity index (χ3v) is 10.3. The predicted octanol–water partition coefficient (Wildman–Crippen LogP) is 5.78. The number of imide groups is 1. The van der Waals surface area contributed by atoms with E-state index in [1.807, 2.05) is 42.5 Å². The minimum absolute atomic E-state index is 0.181. The Labute approximate surface area is 289 Å². The second-order valence-corrected chi connectivity index (χ2v) is 15.8. The van der Waals surface area contributed by atoms with E-state index in [0.717, 1.165) is 31.9 Å². The summed E-state index contributed by atoms with van der Waals surface area (Å²) in [4.78, 5) is 38.3. The average molecular weight is 707 g/mol. The molecule has 1 aromatic heterocycles. The summed E-state index contributed by atoms with van der Waals surface area (Å²) in [5, 5.41) is 9.70. The first-order valence-electron chi connectivity index (χ1n) is 15.7. The summed E-state index contributed by atoms with van der Waals surface area (Å²) in [5.41, 5.74) is 3.28. The lowest BCUT2D eigenvalue weighted by atomic mass is 10.1. The molecule has 0 radical (unpaired) electrons. The molecular formula is C34H37ClFN8O4P. The molecule has 49 heavy (non-hydrogen) atoms. The number of para-hydroxylation sites is 1. The van der Waals surface area contributed by atoms with Crippen LogP contribution in [0.4, 0.5) is 43.7 Å². The quantitative estimate of drug-likeness (QED) is 0.174. The highest BCUT2D eigenvalue weighted by atomic mass is 35.5. The van der Waals surface area contributed by atoms with E-state index in [2.05, 4.69) is 35.7 Å². The van der Waals surface area contributed by atoms with Gasteiger partial charge in [-0.1, -0.05) is 29.8 Å². The van der Waals surface area contributed by atoms with Gasteiger partial charge in [0.1, 0.15) is 23.7 Å². The van der Waals surface area contributed by atoms with Crippen LogP contribution in [0.5, 0.6) is 5.75 Å². The standard InChI is InChI=1S/C34H37ClFN8O4P/c1-48-29-19-23(10-11-27(29)39-33-37-20-25(35)32(41-33)38-28-6-4-5-7-30(28)49(2,3)47)43-16-14-42(15-17-43)21-22-8-9-24(18-26(22)36)44-13-12-31(45)40-34(44)46/h4-11,18-20H,12-17,21H2,1-3H3,(H,40,45,46)(H2,37,38,39,41). The molecule has 0 atom stereocenters. The van der Waals surface area contributed by atoms with Crippen molar-refractivity contribution in [2.45, 2.75) is 13.0 Å². The van der Waals surface area contributed by atoms with Crippen LogP contribution >= 0.6 is 18.7 Å². The van der Waals surface area contributed by atoms with Gasteiger partial charge < -0.3 is 24.8 Å². The zero-order valence-electron chi connectivity index (χ0n) is 27.4. The summed E-state index contributed by atoms with van der Waals surface area (Å²) in [5.74, 6) is 0.559. The van der Waals surface area contributed by atoms with Gasteiger partial charge in [0.25, 0.3) is 0 Å². The van der Waals surface area contributed by atoms with Crippen molar-refractivity contribution < 1.29 is 23.3 Å². The number of carbonyl (C=O) groups is 2. The largest absolute Gasteiger partial charge is 0.494 e. The van der Waals surface area contributed by atoms with E-state index in [1.54, 1.807) is 32.6 Å². The Morgan fingerprint density at radius 3 is 2.43 bits per heavy atom. The topological polar surface area (TPSA) is 132 Å². The van der Waals surface area contributed by atoms with Crippen LogP contribution in [-0.4, -0.2) is 80.0 Å². The highest BCUT2D eigenvalue weighted by Gasteiger charge is 2.26. The number of aromatic nitrogens is 2. The van der Waals surface area contributed by atoms with Crippen molar-refractivity contribution in [1.82, 2.24) is 20.2 Å². The van der Waals surface area contributed by atoms with Gasteiger partial charge >= 0.3 is 6.03 Å². The van der Waals surface area contributed by atoms with Gasteiger partial charge in [-0.3, -0.25) is 19.9 Å². The molecule has 3 heterocycles. The molecule has 0 bridgehead atoms. The first-order chi connectivity index (χ1) is 23.5. The maximum absolute atomic E-state index is 15.1. The summed E-state index contributed by atoms with van der Waals surface area (Å²) in [6.07, 6.45) is 1.68. The summed E-state index contributed by atoms with van der Waals surface area (Å²) in [6, 6.07) is 17.4. The van der Waals surface area contributed by atoms with Gasteiger partial charge in [0.05, 0.1) is 24.7 Å². The van der Waals surface area contributed by atoms with Gasteiger partial charge in [0.15, 0.2) is 5.82 Å². The van der Waals surface area contributed by atoms with Gasteiger partial charge in [0, 0.05) is 74.0 Å². The summed E-state index contributed by atoms with van der Waals surface area (Å²) < 4.78 is 33.6. The molecule has 2 aliphatic rings. The smallest absolute Gasteiger partial charge is 0.328 e. The van der Waals surface area contributed by atoms with Crippen molar-refractivity contribution in [1.29, 1.82) is 0 Å². The molecule has 3 N–H and O–H groups in total.